The van der Waals surface area contributed by atoms with Gasteiger partial charge in [-0.3, -0.25) is 4.90 Å². The largest absolute Gasteiger partial charge is 0.390 e. The molecule has 1 atom stereocenters. The number of hydrogen-bond acceptors (Lipinski definition) is 4. The van der Waals surface area contributed by atoms with Crippen LogP contribution < -0.4 is 5.32 Å². The van der Waals surface area contributed by atoms with E-state index in [1.165, 1.54) is 0 Å². The first-order valence-corrected chi connectivity index (χ1v) is 6.59. The van der Waals surface area contributed by atoms with E-state index in [-0.39, 0.29) is 6.10 Å². The molecule has 0 aromatic rings. The quantitative estimate of drug-likeness (QED) is 0.602. The van der Waals surface area contributed by atoms with Crippen LogP contribution in [0.5, 0.6) is 0 Å². The van der Waals surface area contributed by atoms with E-state index in [1.54, 1.807) is 0 Å². The summed E-state index contributed by atoms with van der Waals surface area (Å²) in [6.07, 6.45) is 0.904. The smallest absolute Gasteiger partial charge is 0.0791 e. The van der Waals surface area contributed by atoms with Gasteiger partial charge in [0.2, 0.25) is 0 Å². The highest BCUT2D eigenvalue weighted by atomic mass is 16.3. The molecule has 1 unspecified atom stereocenters. The molecule has 0 radical (unpaired) electrons. The fourth-order valence-corrected chi connectivity index (χ4v) is 2.10. The molecule has 1 aliphatic rings. The summed E-state index contributed by atoms with van der Waals surface area (Å²) in [5.41, 5.74) is 0. The summed E-state index contributed by atoms with van der Waals surface area (Å²) < 4.78 is 0. The van der Waals surface area contributed by atoms with E-state index < -0.39 is 0 Å². The van der Waals surface area contributed by atoms with Crippen LogP contribution >= 0.6 is 0 Å². The van der Waals surface area contributed by atoms with Crippen molar-refractivity contribution in [3.05, 3.63) is 0 Å². The summed E-state index contributed by atoms with van der Waals surface area (Å²) >= 11 is 0. The second-order valence-electron chi connectivity index (χ2n) is 4.59. The molecule has 1 fully saturated rings. The maximum atomic E-state index is 9.83. The lowest BCUT2D eigenvalue weighted by Crippen LogP contribution is -2.49. The average molecular weight is 229 g/mol. The van der Waals surface area contributed by atoms with Crippen LogP contribution in [-0.4, -0.2) is 73.4 Å². The third kappa shape index (κ3) is 5.25. The molecule has 16 heavy (non-hydrogen) atoms. The van der Waals surface area contributed by atoms with Gasteiger partial charge in [0, 0.05) is 39.3 Å². The van der Waals surface area contributed by atoms with Gasteiger partial charge in [0.05, 0.1) is 6.10 Å². The Balaban J connectivity index is 2.08. The van der Waals surface area contributed by atoms with Crippen molar-refractivity contribution in [2.24, 2.45) is 0 Å². The van der Waals surface area contributed by atoms with Crippen molar-refractivity contribution in [3.63, 3.8) is 0 Å². The van der Waals surface area contributed by atoms with E-state index in [0.717, 1.165) is 58.8 Å². The van der Waals surface area contributed by atoms with Crippen LogP contribution in [0.3, 0.4) is 0 Å². The highest BCUT2D eigenvalue weighted by Gasteiger charge is 2.17. The molecule has 1 rings (SSSR count). The van der Waals surface area contributed by atoms with E-state index in [9.17, 15) is 5.11 Å². The number of nitrogens with zero attached hydrogens (tertiary/aromatic N) is 2. The number of aliphatic hydroxyl groups is 1. The molecule has 4 heteroatoms. The summed E-state index contributed by atoms with van der Waals surface area (Å²) in [5.74, 6) is 0. The summed E-state index contributed by atoms with van der Waals surface area (Å²) in [7, 11) is 0. The van der Waals surface area contributed by atoms with Gasteiger partial charge in [0.15, 0.2) is 0 Å². The Kier molecular flexibility index (Phi) is 6.96. The second kappa shape index (κ2) is 8.01. The molecule has 4 nitrogen and oxygen atoms in total. The zero-order valence-corrected chi connectivity index (χ0v) is 10.8. The van der Waals surface area contributed by atoms with Crippen molar-refractivity contribution in [2.75, 3.05) is 52.4 Å². The minimum Gasteiger partial charge on any atom is -0.390 e. The summed E-state index contributed by atoms with van der Waals surface area (Å²) in [6, 6.07) is 0. The SMILES string of the molecule is CCCNCC(O)CN1CCN(CC)CC1. The van der Waals surface area contributed by atoms with Crippen molar-refractivity contribution in [1.29, 1.82) is 0 Å². The zero-order valence-electron chi connectivity index (χ0n) is 10.8. The molecule has 1 aliphatic heterocycles. The number of likely N-dealkylation sites (N-methyl/N-ethyl adjacent to an activating group) is 1. The van der Waals surface area contributed by atoms with Crippen molar-refractivity contribution >= 4 is 0 Å². The lowest BCUT2D eigenvalue weighted by molar-refractivity contribution is 0.0744. The van der Waals surface area contributed by atoms with Gasteiger partial charge in [-0.25, -0.2) is 0 Å². The fraction of sp³-hybridized carbons (Fsp3) is 1.00. The van der Waals surface area contributed by atoms with Crippen LogP contribution in [0, 0.1) is 0 Å². The summed E-state index contributed by atoms with van der Waals surface area (Å²) in [6.45, 7) is 12.5. The average Bonchev–Trinajstić information content (AvgIpc) is 2.30. The predicted molar refractivity (Wildman–Crippen MR) is 67.7 cm³/mol. The molecule has 2 N–H and O–H groups in total. The molecular formula is C12H27N3O. The van der Waals surface area contributed by atoms with E-state index in [2.05, 4.69) is 29.0 Å². The molecule has 96 valence electrons. The summed E-state index contributed by atoms with van der Waals surface area (Å²) in [5, 5.41) is 13.1. The minimum absolute atomic E-state index is 0.222. The molecule has 1 saturated heterocycles. The Labute approximate surface area is 99.6 Å². The Morgan fingerprint density at radius 2 is 1.75 bits per heavy atom. The first-order chi connectivity index (χ1) is 7.76. The number of β-amino-alcohol motifs (C(OH)–C–C–N with tert-alkyl or cyclic N) is 1. The number of hydrogen-bond donors (Lipinski definition) is 2. The zero-order chi connectivity index (χ0) is 11.8. The highest BCUT2D eigenvalue weighted by Crippen LogP contribution is 2.01. The van der Waals surface area contributed by atoms with Crippen LogP contribution in [0.25, 0.3) is 0 Å². The Morgan fingerprint density at radius 3 is 2.31 bits per heavy atom. The number of piperazine rings is 1. The van der Waals surface area contributed by atoms with Gasteiger partial charge in [0.1, 0.15) is 0 Å². The van der Waals surface area contributed by atoms with Gasteiger partial charge in [0.25, 0.3) is 0 Å². The first-order valence-electron chi connectivity index (χ1n) is 6.59. The number of aliphatic hydroxyl groups excluding tert-OH is 1. The molecular weight excluding hydrogens is 202 g/mol. The third-order valence-electron chi connectivity index (χ3n) is 3.19. The monoisotopic (exact) mass is 229 g/mol. The van der Waals surface area contributed by atoms with Crippen molar-refractivity contribution in [1.82, 2.24) is 15.1 Å². The van der Waals surface area contributed by atoms with Crippen LogP contribution in [-0.2, 0) is 0 Å². The van der Waals surface area contributed by atoms with Gasteiger partial charge >= 0.3 is 0 Å². The van der Waals surface area contributed by atoms with Crippen LogP contribution in [0.2, 0.25) is 0 Å². The van der Waals surface area contributed by atoms with Gasteiger partial charge in [-0.2, -0.15) is 0 Å². The molecule has 0 amide bonds. The molecule has 0 bridgehead atoms. The molecule has 0 aromatic heterocycles. The molecule has 0 saturated carbocycles. The van der Waals surface area contributed by atoms with E-state index in [4.69, 9.17) is 0 Å². The molecule has 1 heterocycles. The maximum absolute atomic E-state index is 9.83. The second-order valence-corrected chi connectivity index (χ2v) is 4.59. The van der Waals surface area contributed by atoms with Gasteiger partial charge in [-0.1, -0.05) is 13.8 Å². The van der Waals surface area contributed by atoms with Crippen molar-refractivity contribution < 1.29 is 5.11 Å². The maximum Gasteiger partial charge on any atom is 0.0791 e. The first kappa shape index (κ1) is 13.9. The molecule has 0 aliphatic carbocycles. The number of nitrogens with one attached hydrogen (secondary N) is 1. The van der Waals surface area contributed by atoms with Crippen molar-refractivity contribution in [2.45, 2.75) is 26.4 Å². The normalized spacial score (nSPS) is 21.2. The number of rotatable bonds is 7. The lowest BCUT2D eigenvalue weighted by atomic mass is 10.2. The van der Waals surface area contributed by atoms with Crippen LogP contribution in [0.1, 0.15) is 20.3 Å². The molecule has 0 aromatic carbocycles. The van der Waals surface area contributed by atoms with E-state index >= 15 is 0 Å². The van der Waals surface area contributed by atoms with Gasteiger partial charge < -0.3 is 15.3 Å². The van der Waals surface area contributed by atoms with Gasteiger partial charge in [-0.05, 0) is 19.5 Å². The van der Waals surface area contributed by atoms with Gasteiger partial charge in [-0.15, -0.1) is 0 Å². The Morgan fingerprint density at radius 1 is 1.12 bits per heavy atom. The predicted octanol–water partition coefficient (Wildman–Crippen LogP) is -0.0156. The molecule has 0 spiro atoms. The van der Waals surface area contributed by atoms with E-state index in [0.29, 0.717) is 0 Å². The van der Waals surface area contributed by atoms with Crippen molar-refractivity contribution in [3.8, 4) is 0 Å². The van der Waals surface area contributed by atoms with E-state index in [1.807, 2.05) is 0 Å². The highest BCUT2D eigenvalue weighted by molar-refractivity contribution is 4.74. The third-order valence-corrected chi connectivity index (χ3v) is 3.19. The topological polar surface area (TPSA) is 38.7 Å². The van der Waals surface area contributed by atoms with Crippen LogP contribution in [0.15, 0.2) is 0 Å². The fourth-order valence-electron chi connectivity index (χ4n) is 2.10. The minimum atomic E-state index is -0.222. The standard InChI is InChI=1S/C12H27N3O/c1-3-5-13-10-12(16)11-15-8-6-14(4-2)7-9-15/h12-13,16H,3-11H2,1-2H3. The Bertz CT molecular complexity index is 170. The van der Waals surface area contributed by atoms with Crippen LogP contribution in [0.4, 0.5) is 0 Å². The Hall–Kier alpha value is -0.160. The summed E-state index contributed by atoms with van der Waals surface area (Å²) in [4.78, 5) is 4.82. The lowest BCUT2D eigenvalue weighted by Gasteiger charge is -2.35.